The van der Waals surface area contributed by atoms with E-state index in [1.165, 1.54) is 12.1 Å². The lowest BCUT2D eigenvalue weighted by atomic mass is 10.2. The van der Waals surface area contributed by atoms with Crippen molar-refractivity contribution in [1.29, 1.82) is 0 Å². The number of hydrogen-bond donors (Lipinski definition) is 2. The van der Waals surface area contributed by atoms with Gasteiger partial charge in [0, 0.05) is 5.75 Å². The molecule has 1 aliphatic heterocycles. The van der Waals surface area contributed by atoms with Crippen molar-refractivity contribution in [1.82, 2.24) is 5.32 Å². The van der Waals surface area contributed by atoms with E-state index in [-0.39, 0.29) is 11.2 Å². The predicted octanol–water partition coefficient (Wildman–Crippen LogP) is 3.19. The van der Waals surface area contributed by atoms with Crippen molar-refractivity contribution in [3.05, 3.63) is 65.5 Å². The van der Waals surface area contributed by atoms with Crippen LogP contribution in [0.3, 0.4) is 0 Å². The van der Waals surface area contributed by atoms with E-state index in [0.717, 1.165) is 16.9 Å². The number of thioether (sulfide) groups is 1. The third-order valence-corrected chi connectivity index (χ3v) is 4.85. The van der Waals surface area contributed by atoms with Crippen LogP contribution in [0.2, 0.25) is 0 Å². The molecule has 0 bridgehead atoms. The highest BCUT2D eigenvalue weighted by atomic mass is 32.2. The number of carbonyl (C=O) groups is 1. The molecule has 2 N–H and O–H groups in total. The first kappa shape index (κ1) is 15.8. The number of carboxylic acids is 1. The number of halogens is 1. The summed E-state index contributed by atoms with van der Waals surface area (Å²) >= 11 is 1.58. The molecule has 1 saturated heterocycles. The molecule has 0 unspecified atom stereocenters. The summed E-state index contributed by atoms with van der Waals surface area (Å²) in [5.74, 6) is 0.192. The van der Waals surface area contributed by atoms with Crippen LogP contribution in [0.25, 0.3) is 0 Å². The maximum absolute atomic E-state index is 12.8. The van der Waals surface area contributed by atoms with E-state index in [1.807, 2.05) is 24.3 Å². The number of rotatable bonds is 5. The van der Waals surface area contributed by atoms with Gasteiger partial charge in [0.15, 0.2) is 0 Å². The van der Waals surface area contributed by atoms with Gasteiger partial charge in [-0.15, -0.1) is 11.8 Å². The second-order valence-corrected chi connectivity index (χ2v) is 6.39. The first-order chi connectivity index (χ1) is 11.1. The second-order valence-electron chi connectivity index (χ2n) is 5.26. The minimum Gasteiger partial charge on any atom is -0.489 e. The SMILES string of the molecule is O=C(O)[C@H]1CS[C@@H](c2ccc(OCc3ccc(F)cc3)cc2)N1. The van der Waals surface area contributed by atoms with Gasteiger partial charge >= 0.3 is 5.97 Å². The first-order valence-corrected chi connectivity index (χ1v) is 8.24. The molecule has 3 rings (SSSR count). The maximum atomic E-state index is 12.8. The largest absolute Gasteiger partial charge is 0.489 e. The molecule has 0 aromatic heterocycles. The molecule has 0 amide bonds. The summed E-state index contributed by atoms with van der Waals surface area (Å²) in [6, 6.07) is 13.3. The summed E-state index contributed by atoms with van der Waals surface area (Å²) < 4.78 is 18.5. The number of carboxylic acid groups (broad SMARTS) is 1. The van der Waals surface area contributed by atoms with Crippen LogP contribution < -0.4 is 10.1 Å². The Morgan fingerprint density at radius 1 is 1.22 bits per heavy atom. The Bertz CT molecular complexity index is 675. The van der Waals surface area contributed by atoms with E-state index in [4.69, 9.17) is 9.84 Å². The lowest BCUT2D eigenvalue weighted by Crippen LogP contribution is -2.33. The van der Waals surface area contributed by atoms with E-state index in [1.54, 1.807) is 23.9 Å². The van der Waals surface area contributed by atoms with Crippen molar-refractivity contribution in [2.75, 3.05) is 5.75 Å². The Morgan fingerprint density at radius 2 is 1.91 bits per heavy atom. The molecule has 2 aromatic carbocycles. The van der Waals surface area contributed by atoms with Crippen molar-refractivity contribution in [3.8, 4) is 5.75 Å². The number of nitrogens with one attached hydrogen (secondary N) is 1. The van der Waals surface area contributed by atoms with Crippen molar-refractivity contribution >= 4 is 17.7 Å². The molecule has 2 atom stereocenters. The van der Waals surface area contributed by atoms with Gasteiger partial charge in [-0.05, 0) is 35.4 Å². The predicted molar refractivity (Wildman–Crippen MR) is 86.9 cm³/mol. The van der Waals surface area contributed by atoms with Crippen LogP contribution >= 0.6 is 11.8 Å². The Hall–Kier alpha value is -2.05. The van der Waals surface area contributed by atoms with Crippen LogP contribution in [0.4, 0.5) is 4.39 Å². The van der Waals surface area contributed by atoms with Crippen molar-refractivity contribution in [3.63, 3.8) is 0 Å². The minimum atomic E-state index is -0.820. The second kappa shape index (κ2) is 7.02. The van der Waals surface area contributed by atoms with Crippen LogP contribution in [0.15, 0.2) is 48.5 Å². The smallest absolute Gasteiger partial charge is 0.321 e. The normalized spacial score (nSPS) is 20.4. The summed E-state index contributed by atoms with van der Waals surface area (Å²) in [6.07, 6.45) is 0. The molecular weight excluding hydrogens is 317 g/mol. The molecule has 0 aliphatic carbocycles. The lowest BCUT2D eigenvalue weighted by Gasteiger charge is -2.12. The summed E-state index contributed by atoms with van der Waals surface area (Å²) in [6.45, 7) is 0.372. The molecular formula is C17H16FNO3S. The van der Waals surface area contributed by atoms with Crippen LogP contribution in [0.5, 0.6) is 5.75 Å². The molecule has 0 radical (unpaired) electrons. The molecule has 2 aromatic rings. The third kappa shape index (κ3) is 4.03. The van der Waals surface area contributed by atoms with E-state index in [2.05, 4.69) is 5.32 Å². The molecule has 1 heterocycles. The summed E-state index contributed by atoms with van der Waals surface area (Å²) in [5, 5.41) is 12.1. The number of aliphatic carboxylic acids is 1. The van der Waals surface area contributed by atoms with E-state index < -0.39 is 12.0 Å². The highest BCUT2D eigenvalue weighted by Gasteiger charge is 2.30. The fraction of sp³-hybridized carbons (Fsp3) is 0.235. The number of benzene rings is 2. The summed E-state index contributed by atoms with van der Waals surface area (Å²) in [4.78, 5) is 11.0. The Balaban J connectivity index is 1.57. The average Bonchev–Trinajstić information content (AvgIpc) is 3.05. The molecule has 1 fully saturated rings. The summed E-state index contributed by atoms with van der Waals surface area (Å²) in [5.41, 5.74) is 1.92. The third-order valence-electron chi connectivity index (χ3n) is 3.58. The van der Waals surface area contributed by atoms with Crippen molar-refractivity contribution in [2.45, 2.75) is 18.0 Å². The fourth-order valence-corrected chi connectivity index (χ4v) is 3.53. The van der Waals surface area contributed by atoms with E-state index in [0.29, 0.717) is 12.4 Å². The summed E-state index contributed by atoms with van der Waals surface area (Å²) in [7, 11) is 0. The van der Waals surface area contributed by atoms with Gasteiger partial charge in [0.2, 0.25) is 0 Å². The van der Waals surface area contributed by atoms with Crippen LogP contribution in [0.1, 0.15) is 16.5 Å². The highest BCUT2D eigenvalue weighted by Crippen LogP contribution is 2.33. The zero-order chi connectivity index (χ0) is 16.2. The molecule has 120 valence electrons. The zero-order valence-corrected chi connectivity index (χ0v) is 13.1. The van der Waals surface area contributed by atoms with Crippen LogP contribution in [-0.4, -0.2) is 22.9 Å². The Kier molecular flexibility index (Phi) is 4.83. The van der Waals surface area contributed by atoms with Crippen LogP contribution in [0, 0.1) is 5.82 Å². The van der Waals surface area contributed by atoms with Gasteiger partial charge in [0.1, 0.15) is 24.2 Å². The first-order valence-electron chi connectivity index (χ1n) is 7.19. The standard InChI is InChI=1S/C17H16FNO3S/c18-13-5-1-11(2-6-13)9-22-14-7-3-12(4-8-14)16-19-15(10-23-16)17(20)21/h1-8,15-16,19H,9-10H2,(H,20,21)/t15-,16+/m1/s1. The molecule has 6 heteroatoms. The van der Waals surface area contributed by atoms with E-state index >= 15 is 0 Å². The topological polar surface area (TPSA) is 58.6 Å². The molecule has 23 heavy (non-hydrogen) atoms. The van der Waals surface area contributed by atoms with Gasteiger partial charge < -0.3 is 9.84 Å². The van der Waals surface area contributed by atoms with E-state index in [9.17, 15) is 9.18 Å². The fourth-order valence-electron chi connectivity index (χ4n) is 2.29. The monoisotopic (exact) mass is 333 g/mol. The number of ether oxygens (including phenoxy) is 1. The number of hydrogen-bond acceptors (Lipinski definition) is 4. The van der Waals surface area contributed by atoms with Gasteiger partial charge in [-0.2, -0.15) is 0 Å². The molecule has 0 saturated carbocycles. The Labute approximate surface area is 137 Å². The molecule has 0 spiro atoms. The molecule has 1 aliphatic rings. The van der Waals surface area contributed by atoms with Gasteiger partial charge in [0.05, 0.1) is 5.37 Å². The highest BCUT2D eigenvalue weighted by molar-refractivity contribution is 7.99. The van der Waals surface area contributed by atoms with Crippen molar-refractivity contribution in [2.24, 2.45) is 0 Å². The van der Waals surface area contributed by atoms with Gasteiger partial charge in [-0.1, -0.05) is 24.3 Å². The van der Waals surface area contributed by atoms with Crippen molar-refractivity contribution < 1.29 is 19.0 Å². The molecule has 4 nitrogen and oxygen atoms in total. The Morgan fingerprint density at radius 3 is 2.52 bits per heavy atom. The van der Waals surface area contributed by atoms with Crippen LogP contribution in [-0.2, 0) is 11.4 Å². The van der Waals surface area contributed by atoms with Gasteiger partial charge in [-0.3, -0.25) is 10.1 Å². The van der Waals surface area contributed by atoms with Gasteiger partial charge in [-0.25, -0.2) is 4.39 Å². The lowest BCUT2D eigenvalue weighted by molar-refractivity contribution is -0.138. The average molecular weight is 333 g/mol. The zero-order valence-electron chi connectivity index (χ0n) is 12.2. The minimum absolute atomic E-state index is 0.0118. The maximum Gasteiger partial charge on any atom is 0.321 e. The quantitative estimate of drug-likeness (QED) is 0.880. The van der Waals surface area contributed by atoms with Gasteiger partial charge in [0.25, 0.3) is 0 Å².